The predicted molar refractivity (Wildman–Crippen MR) is 99.7 cm³/mol. The zero-order valence-electron chi connectivity index (χ0n) is 15.8. The number of nitrogens with one attached hydrogen (secondary N) is 1. The largest absolute Gasteiger partial charge is 0.479 e. The molecule has 0 spiro atoms. The first-order valence-corrected chi connectivity index (χ1v) is 10.1. The first kappa shape index (κ1) is 19.7. The number of carbonyl (C=O) groups excluding carboxylic acids is 2. The molecular formula is C20H29N3O4. The molecule has 0 aromatic rings. The van der Waals surface area contributed by atoms with Crippen LogP contribution in [0.1, 0.15) is 44.9 Å². The van der Waals surface area contributed by atoms with Gasteiger partial charge >= 0.3 is 5.97 Å². The number of hydrogen-bond acceptors (Lipinski definition) is 4. The van der Waals surface area contributed by atoms with Gasteiger partial charge in [0.15, 0.2) is 6.04 Å². The Balaban J connectivity index is 1.53. The summed E-state index contributed by atoms with van der Waals surface area (Å²) in [5.74, 6) is 4.60. The number of carboxylic acids is 1. The summed E-state index contributed by atoms with van der Waals surface area (Å²) in [6, 6.07) is -1.06. The summed E-state index contributed by atoms with van der Waals surface area (Å²) < 4.78 is 0. The third-order valence-corrected chi connectivity index (χ3v) is 5.89. The van der Waals surface area contributed by atoms with Gasteiger partial charge in [-0.1, -0.05) is 11.8 Å². The maximum Gasteiger partial charge on any atom is 0.339 e. The van der Waals surface area contributed by atoms with Crippen molar-refractivity contribution in [3.05, 3.63) is 0 Å². The first-order valence-electron chi connectivity index (χ1n) is 10.1. The van der Waals surface area contributed by atoms with Gasteiger partial charge in [0.05, 0.1) is 5.92 Å². The van der Waals surface area contributed by atoms with Gasteiger partial charge in [-0.15, -0.1) is 0 Å². The number of hydrogen-bond donors (Lipinski definition) is 2. The van der Waals surface area contributed by atoms with Gasteiger partial charge in [0.2, 0.25) is 11.8 Å². The molecule has 0 bridgehead atoms. The summed E-state index contributed by atoms with van der Waals surface area (Å²) in [4.78, 5) is 40.1. The molecule has 2 saturated heterocycles. The van der Waals surface area contributed by atoms with Gasteiger partial charge in [0.1, 0.15) is 0 Å². The molecule has 7 heteroatoms. The number of rotatable bonds is 5. The van der Waals surface area contributed by atoms with Crippen molar-refractivity contribution >= 4 is 17.8 Å². The zero-order chi connectivity index (χ0) is 19.2. The zero-order valence-corrected chi connectivity index (χ0v) is 15.8. The highest BCUT2D eigenvalue weighted by atomic mass is 16.4. The number of carbonyl (C=O) groups is 3. The van der Waals surface area contributed by atoms with Gasteiger partial charge < -0.3 is 20.2 Å². The number of nitrogens with zero attached hydrogens (tertiary/aromatic N) is 2. The van der Waals surface area contributed by atoms with Gasteiger partial charge in [-0.3, -0.25) is 9.59 Å². The fraction of sp³-hybridized carbons (Fsp3) is 0.750. The number of piperidine rings is 2. The molecule has 0 aliphatic carbocycles. The number of likely N-dealkylation sites (tertiary alicyclic amines) is 1. The van der Waals surface area contributed by atoms with Gasteiger partial charge in [-0.2, -0.15) is 0 Å². The third kappa shape index (κ3) is 5.01. The summed E-state index contributed by atoms with van der Waals surface area (Å²) in [5, 5.41) is 12.7. The van der Waals surface area contributed by atoms with E-state index >= 15 is 0 Å². The van der Waals surface area contributed by atoms with Crippen LogP contribution in [-0.4, -0.2) is 71.5 Å². The van der Waals surface area contributed by atoms with Crippen molar-refractivity contribution in [3.8, 4) is 11.8 Å². The third-order valence-electron chi connectivity index (χ3n) is 5.89. The van der Waals surface area contributed by atoms with Crippen molar-refractivity contribution in [3.63, 3.8) is 0 Å². The quantitative estimate of drug-likeness (QED) is 0.690. The smallest absolute Gasteiger partial charge is 0.339 e. The Bertz CT molecular complexity index is 633. The van der Waals surface area contributed by atoms with E-state index in [9.17, 15) is 19.5 Å². The van der Waals surface area contributed by atoms with Crippen molar-refractivity contribution < 1.29 is 19.5 Å². The topological polar surface area (TPSA) is 90.0 Å². The van der Waals surface area contributed by atoms with E-state index in [-0.39, 0.29) is 17.7 Å². The van der Waals surface area contributed by atoms with Crippen molar-refractivity contribution in [1.29, 1.82) is 0 Å². The van der Waals surface area contributed by atoms with Gasteiger partial charge in [-0.05, 0) is 51.1 Å². The average molecular weight is 375 g/mol. The Morgan fingerprint density at radius 1 is 1.11 bits per heavy atom. The molecular weight excluding hydrogens is 346 g/mol. The Kier molecular flexibility index (Phi) is 6.73. The van der Waals surface area contributed by atoms with E-state index < -0.39 is 12.0 Å². The second-order valence-electron chi connectivity index (χ2n) is 7.75. The molecule has 0 aromatic heterocycles. The molecule has 1 unspecified atom stereocenters. The highest BCUT2D eigenvalue weighted by Gasteiger charge is 2.36. The second-order valence-corrected chi connectivity index (χ2v) is 7.75. The van der Waals surface area contributed by atoms with Crippen LogP contribution in [0.5, 0.6) is 0 Å². The van der Waals surface area contributed by atoms with E-state index in [1.807, 2.05) is 0 Å². The van der Waals surface area contributed by atoms with Crippen LogP contribution in [-0.2, 0) is 14.4 Å². The van der Waals surface area contributed by atoms with Crippen molar-refractivity contribution in [2.24, 2.45) is 11.8 Å². The predicted octanol–water partition coefficient (Wildman–Crippen LogP) is 0.694. The van der Waals surface area contributed by atoms with Crippen molar-refractivity contribution in [2.45, 2.75) is 51.0 Å². The van der Waals surface area contributed by atoms with Crippen LogP contribution in [0.2, 0.25) is 0 Å². The summed E-state index contributed by atoms with van der Waals surface area (Å²) in [6.45, 7) is 3.51. The number of aliphatic carboxylic acids is 1. The summed E-state index contributed by atoms with van der Waals surface area (Å²) >= 11 is 0. The minimum atomic E-state index is -1.08. The van der Waals surface area contributed by atoms with Crippen LogP contribution in [0.15, 0.2) is 0 Å². The molecule has 3 aliphatic rings. The van der Waals surface area contributed by atoms with Crippen molar-refractivity contribution in [2.75, 3.05) is 32.7 Å². The Labute approximate surface area is 160 Å². The molecule has 2 amide bonds. The molecule has 3 heterocycles. The maximum absolute atomic E-state index is 12.9. The lowest BCUT2D eigenvalue weighted by molar-refractivity contribution is -0.151. The molecule has 27 heavy (non-hydrogen) atoms. The Morgan fingerprint density at radius 2 is 1.89 bits per heavy atom. The van der Waals surface area contributed by atoms with Gasteiger partial charge in [-0.25, -0.2) is 4.79 Å². The molecule has 3 rings (SSSR count). The highest BCUT2D eigenvalue weighted by Crippen LogP contribution is 2.23. The lowest BCUT2D eigenvalue weighted by Gasteiger charge is -2.36. The minimum Gasteiger partial charge on any atom is -0.479 e. The molecule has 3 aliphatic heterocycles. The standard InChI is InChI=1S/C20H29N3O4/c24-18(7-6-15-8-10-21-11-9-15)22-12-3-4-16(14-22)19(25)23-13-2-1-5-17(23)20(26)27/h15-17,21H,2-4,6-14H2,(H,26,27)/t16?,17-/m1/s1. The first-order chi connectivity index (χ1) is 13.1. The van der Waals surface area contributed by atoms with E-state index in [0.29, 0.717) is 44.8 Å². The second kappa shape index (κ2) is 9.23. The van der Waals surface area contributed by atoms with Gasteiger partial charge in [0, 0.05) is 32.5 Å². The Hall–Kier alpha value is -2.07. The van der Waals surface area contributed by atoms with Gasteiger partial charge in [0.25, 0.3) is 0 Å². The molecule has 7 nitrogen and oxygen atoms in total. The number of carboxylic acid groups (broad SMARTS) is 1. The monoisotopic (exact) mass is 375 g/mol. The van der Waals surface area contributed by atoms with E-state index in [0.717, 1.165) is 38.8 Å². The van der Waals surface area contributed by atoms with Crippen molar-refractivity contribution in [1.82, 2.24) is 15.1 Å². The summed E-state index contributed by atoms with van der Waals surface area (Å²) in [5.41, 5.74) is 0. The summed E-state index contributed by atoms with van der Waals surface area (Å²) in [7, 11) is 0. The fourth-order valence-corrected chi connectivity index (χ4v) is 4.28. The normalized spacial score (nSPS) is 26.2. The van der Waals surface area contributed by atoms with Crippen LogP contribution in [0.3, 0.4) is 0 Å². The lowest BCUT2D eigenvalue weighted by Crippen LogP contribution is -2.52. The molecule has 0 aromatic carbocycles. The summed E-state index contributed by atoms with van der Waals surface area (Å²) in [6.07, 6.45) is 5.69. The molecule has 148 valence electrons. The van der Waals surface area contributed by atoms with Crippen LogP contribution < -0.4 is 5.32 Å². The molecule has 2 fully saturated rings. The fourth-order valence-electron chi connectivity index (χ4n) is 4.28. The highest BCUT2D eigenvalue weighted by molar-refractivity contribution is 5.88. The molecule has 2 atom stereocenters. The van der Waals surface area contributed by atoms with E-state index in [4.69, 9.17) is 0 Å². The minimum absolute atomic E-state index is 0.124. The maximum atomic E-state index is 12.9. The van der Waals surface area contributed by atoms with Crippen LogP contribution in [0, 0.1) is 23.7 Å². The lowest BCUT2D eigenvalue weighted by atomic mass is 9.92. The average Bonchev–Trinajstić information content (AvgIpc) is 2.72. The number of amides is 2. The molecule has 0 radical (unpaired) electrons. The van der Waals surface area contributed by atoms with E-state index in [1.165, 1.54) is 4.90 Å². The molecule has 2 N–H and O–H groups in total. The SMILES string of the molecule is O=C(O)[C@H]1C#CCCN1C(=O)C1CCCN(C(=O)CCC2CCNCC2)C1. The van der Waals surface area contributed by atoms with Crippen LogP contribution >= 0.6 is 0 Å². The van der Waals surface area contributed by atoms with Crippen LogP contribution in [0.25, 0.3) is 0 Å². The Morgan fingerprint density at radius 3 is 2.63 bits per heavy atom. The van der Waals surface area contributed by atoms with Crippen LogP contribution in [0.4, 0.5) is 0 Å². The molecule has 0 saturated carbocycles. The van der Waals surface area contributed by atoms with E-state index in [1.54, 1.807) is 4.90 Å². The van der Waals surface area contributed by atoms with E-state index in [2.05, 4.69) is 17.2 Å².